The zero-order valence-corrected chi connectivity index (χ0v) is 14.3. The van der Waals surface area contributed by atoms with Gasteiger partial charge in [-0.3, -0.25) is 4.90 Å². The molecule has 1 aromatic heterocycles. The predicted octanol–water partition coefficient (Wildman–Crippen LogP) is 3.38. The zero-order valence-electron chi connectivity index (χ0n) is 14.3. The van der Waals surface area contributed by atoms with E-state index in [1.54, 1.807) is 6.07 Å². The van der Waals surface area contributed by atoms with E-state index < -0.39 is 6.36 Å². The topological polar surface area (TPSA) is 40.3 Å². The number of nitrogens with zero attached hydrogens (tertiary/aromatic N) is 1. The molecule has 4 rings (SSSR count). The number of halogens is 3. The van der Waals surface area contributed by atoms with E-state index in [0.717, 1.165) is 43.6 Å². The maximum Gasteiger partial charge on any atom is 0.573 e. The molecule has 2 aromatic rings. The number of aromatic amines is 1. The van der Waals surface area contributed by atoms with E-state index in [9.17, 15) is 13.2 Å². The van der Waals surface area contributed by atoms with Gasteiger partial charge in [0.1, 0.15) is 5.75 Å². The summed E-state index contributed by atoms with van der Waals surface area (Å²) < 4.78 is 40.8. The molecule has 0 amide bonds. The lowest BCUT2D eigenvalue weighted by atomic mass is 10.2. The van der Waals surface area contributed by atoms with Crippen LogP contribution in [0.2, 0.25) is 0 Å². The molecular weight excluding hydrogens is 343 g/mol. The van der Waals surface area contributed by atoms with Crippen molar-refractivity contribution in [3.63, 3.8) is 0 Å². The predicted molar refractivity (Wildman–Crippen MR) is 91.4 cm³/mol. The molecule has 1 aromatic carbocycles. The maximum atomic E-state index is 12.3. The summed E-state index contributed by atoms with van der Waals surface area (Å²) in [5.41, 5.74) is 2.05. The minimum atomic E-state index is -4.65. The highest BCUT2D eigenvalue weighted by atomic mass is 19.4. The van der Waals surface area contributed by atoms with Crippen molar-refractivity contribution in [3.8, 4) is 5.75 Å². The summed E-state index contributed by atoms with van der Waals surface area (Å²) >= 11 is 0. The normalized spacial score (nSPS) is 25.3. The summed E-state index contributed by atoms with van der Waals surface area (Å²) in [4.78, 5) is 5.72. The number of hydrogen-bond donors (Lipinski definition) is 2. The Balaban J connectivity index is 1.19. The Kier molecular flexibility index (Phi) is 4.67. The quantitative estimate of drug-likeness (QED) is 0.790. The lowest BCUT2D eigenvalue weighted by Crippen LogP contribution is -2.27. The van der Waals surface area contributed by atoms with Gasteiger partial charge in [-0.25, -0.2) is 0 Å². The molecule has 4 nitrogen and oxygen atoms in total. The average Bonchev–Trinajstić information content (AvgIpc) is 2.97. The van der Waals surface area contributed by atoms with Gasteiger partial charge in [-0.1, -0.05) is 12.1 Å². The Morgan fingerprint density at radius 1 is 1.15 bits per heavy atom. The largest absolute Gasteiger partial charge is 0.573 e. The van der Waals surface area contributed by atoms with Crippen molar-refractivity contribution in [1.29, 1.82) is 0 Å². The fraction of sp³-hybridized carbons (Fsp3) is 0.474. The molecule has 2 fully saturated rings. The maximum absolute atomic E-state index is 12.3. The van der Waals surface area contributed by atoms with Gasteiger partial charge < -0.3 is 15.0 Å². The number of nitrogens with one attached hydrogen (secondary N) is 2. The number of ether oxygens (including phenoxy) is 1. The smallest absolute Gasteiger partial charge is 0.406 e. The molecule has 2 N–H and O–H groups in total. The van der Waals surface area contributed by atoms with E-state index >= 15 is 0 Å². The van der Waals surface area contributed by atoms with Crippen LogP contribution in [0.5, 0.6) is 5.75 Å². The van der Waals surface area contributed by atoms with Crippen molar-refractivity contribution < 1.29 is 17.9 Å². The van der Waals surface area contributed by atoms with Crippen LogP contribution in [0.1, 0.15) is 11.3 Å². The van der Waals surface area contributed by atoms with Crippen LogP contribution < -0.4 is 10.1 Å². The van der Waals surface area contributed by atoms with Gasteiger partial charge in [-0.05, 0) is 54.1 Å². The summed E-state index contributed by atoms with van der Waals surface area (Å²) in [5, 5.41) is 3.38. The van der Waals surface area contributed by atoms with Gasteiger partial charge in [-0.2, -0.15) is 0 Å². The van der Waals surface area contributed by atoms with E-state index in [1.165, 1.54) is 17.8 Å². The molecule has 2 atom stereocenters. The van der Waals surface area contributed by atoms with E-state index in [-0.39, 0.29) is 5.75 Å². The summed E-state index contributed by atoms with van der Waals surface area (Å²) in [5.74, 6) is 2.01. The average molecular weight is 365 g/mol. The number of piperidine rings is 1. The molecule has 1 aliphatic carbocycles. The van der Waals surface area contributed by atoms with Crippen LogP contribution in [0.15, 0.2) is 42.6 Å². The highest BCUT2D eigenvalue weighted by Gasteiger charge is 2.54. The third-order valence-electron chi connectivity index (χ3n) is 5.34. The highest BCUT2D eigenvalue weighted by molar-refractivity contribution is 5.28. The van der Waals surface area contributed by atoms with Gasteiger partial charge in [0.15, 0.2) is 0 Å². The van der Waals surface area contributed by atoms with Gasteiger partial charge in [0.25, 0.3) is 0 Å². The number of benzene rings is 1. The lowest BCUT2D eigenvalue weighted by molar-refractivity contribution is -0.274. The number of hydrogen-bond acceptors (Lipinski definition) is 3. The molecule has 1 saturated carbocycles. The Bertz CT molecular complexity index is 720. The number of alkyl halides is 3. The molecule has 0 spiro atoms. The molecule has 0 bridgehead atoms. The van der Waals surface area contributed by atoms with Crippen LogP contribution in [0.3, 0.4) is 0 Å². The Labute approximate surface area is 150 Å². The van der Waals surface area contributed by atoms with Crippen molar-refractivity contribution in [1.82, 2.24) is 15.2 Å². The van der Waals surface area contributed by atoms with E-state index in [0.29, 0.717) is 12.5 Å². The van der Waals surface area contributed by atoms with Crippen LogP contribution >= 0.6 is 0 Å². The number of likely N-dealkylation sites (tertiary alicyclic amines) is 1. The van der Waals surface area contributed by atoms with E-state index in [1.807, 2.05) is 18.3 Å². The van der Waals surface area contributed by atoms with Crippen LogP contribution in [-0.4, -0.2) is 35.9 Å². The van der Waals surface area contributed by atoms with Crippen molar-refractivity contribution in [3.05, 3.63) is 53.9 Å². The second-order valence-corrected chi connectivity index (χ2v) is 7.21. The van der Waals surface area contributed by atoms with Crippen molar-refractivity contribution in [2.45, 2.75) is 19.5 Å². The second-order valence-electron chi connectivity index (χ2n) is 7.21. The van der Waals surface area contributed by atoms with Crippen LogP contribution in [0.4, 0.5) is 13.2 Å². The second kappa shape index (κ2) is 6.96. The summed E-state index contributed by atoms with van der Waals surface area (Å²) in [6.07, 6.45) is -2.70. The first-order valence-corrected chi connectivity index (χ1v) is 8.88. The van der Waals surface area contributed by atoms with Crippen molar-refractivity contribution in [2.24, 2.45) is 17.8 Å². The number of aromatic nitrogens is 1. The van der Waals surface area contributed by atoms with E-state index in [4.69, 9.17) is 0 Å². The minimum absolute atomic E-state index is 0.167. The molecule has 2 aliphatic rings. The van der Waals surface area contributed by atoms with Crippen LogP contribution in [0.25, 0.3) is 0 Å². The van der Waals surface area contributed by atoms with Gasteiger partial charge in [0.05, 0.1) is 0 Å². The molecule has 1 saturated heterocycles. The molecule has 26 heavy (non-hydrogen) atoms. The Morgan fingerprint density at radius 3 is 2.65 bits per heavy atom. The first-order valence-electron chi connectivity index (χ1n) is 8.88. The van der Waals surface area contributed by atoms with Gasteiger partial charge >= 0.3 is 6.36 Å². The fourth-order valence-electron chi connectivity index (χ4n) is 4.11. The third-order valence-corrected chi connectivity index (χ3v) is 5.34. The third kappa shape index (κ3) is 4.22. The molecular formula is C19H22F3N3O. The monoisotopic (exact) mass is 365 g/mol. The molecule has 140 valence electrons. The van der Waals surface area contributed by atoms with Crippen LogP contribution in [-0.2, 0) is 13.1 Å². The minimum Gasteiger partial charge on any atom is -0.406 e. The summed E-state index contributed by atoms with van der Waals surface area (Å²) in [6.45, 7) is 4.70. The first kappa shape index (κ1) is 17.4. The molecule has 2 unspecified atom stereocenters. The fourth-order valence-corrected chi connectivity index (χ4v) is 4.11. The molecule has 0 radical (unpaired) electrons. The molecule has 1 aliphatic heterocycles. The van der Waals surface area contributed by atoms with Crippen molar-refractivity contribution in [2.75, 3.05) is 19.6 Å². The molecule has 2 heterocycles. The van der Waals surface area contributed by atoms with E-state index in [2.05, 4.69) is 26.0 Å². The highest BCUT2D eigenvalue weighted by Crippen LogP contribution is 2.51. The number of fused-ring (bicyclic) bond motifs is 1. The summed E-state index contributed by atoms with van der Waals surface area (Å²) in [6, 6.07) is 10.3. The van der Waals surface area contributed by atoms with Crippen LogP contribution in [0, 0.1) is 17.8 Å². The SMILES string of the molecule is FC(F)(F)Oc1cccc(CNCC2C3CN(Cc4ccc[nH]4)CC23)c1. The Morgan fingerprint density at radius 2 is 1.96 bits per heavy atom. The zero-order chi connectivity index (χ0) is 18.1. The number of H-pyrrole nitrogens is 1. The standard InChI is InChI=1S/C19H22F3N3O/c20-19(21,22)26-15-5-1-3-13(7-15)8-23-9-16-17-11-25(12-18(16)17)10-14-4-2-6-24-14/h1-7,16-18,23-24H,8-12H2. The lowest BCUT2D eigenvalue weighted by Gasteiger charge is -2.18. The van der Waals surface area contributed by atoms with Gasteiger partial charge in [0, 0.05) is 38.1 Å². The van der Waals surface area contributed by atoms with Crippen molar-refractivity contribution >= 4 is 0 Å². The van der Waals surface area contributed by atoms with Gasteiger partial charge in [0.2, 0.25) is 0 Å². The van der Waals surface area contributed by atoms with Gasteiger partial charge in [-0.15, -0.1) is 13.2 Å². The summed E-state index contributed by atoms with van der Waals surface area (Å²) in [7, 11) is 0. The Hall–Kier alpha value is -1.99. The number of rotatable bonds is 7. The first-order chi connectivity index (χ1) is 12.5. The molecule has 7 heteroatoms.